The molecule has 1 aromatic rings. The van der Waals surface area contributed by atoms with Crippen LogP contribution in [0.25, 0.3) is 0 Å². The third-order valence-electron chi connectivity index (χ3n) is 1.04. The SMILES string of the molecule is Cc1cc(S(=O)(=O)O)ncn1. The van der Waals surface area contributed by atoms with Crippen LogP contribution in [0.3, 0.4) is 0 Å². The van der Waals surface area contributed by atoms with Gasteiger partial charge in [-0.3, -0.25) is 4.55 Å². The fourth-order valence-corrected chi connectivity index (χ4v) is 1.07. The minimum Gasteiger partial charge on any atom is -0.281 e. The number of hydrogen-bond donors (Lipinski definition) is 1. The molecule has 1 rings (SSSR count). The summed E-state index contributed by atoms with van der Waals surface area (Å²) in [6.45, 7) is 1.61. The van der Waals surface area contributed by atoms with Crippen LogP contribution in [-0.4, -0.2) is 22.9 Å². The molecule has 0 saturated carbocycles. The van der Waals surface area contributed by atoms with Crippen molar-refractivity contribution in [2.45, 2.75) is 11.9 Å². The van der Waals surface area contributed by atoms with Gasteiger partial charge >= 0.3 is 10.1 Å². The molecule has 1 N–H and O–H groups in total. The zero-order chi connectivity index (χ0) is 8.48. The molecule has 0 saturated heterocycles. The number of nitrogens with zero attached hydrogens (tertiary/aromatic N) is 2. The molecule has 5 nitrogen and oxygen atoms in total. The third kappa shape index (κ3) is 1.95. The second-order valence-corrected chi connectivity index (χ2v) is 3.34. The van der Waals surface area contributed by atoms with Crippen LogP contribution in [0.1, 0.15) is 5.69 Å². The van der Waals surface area contributed by atoms with E-state index in [2.05, 4.69) is 9.97 Å². The van der Waals surface area contributed by atoms with Crippen molar-refractivity contribution in [1.29, 1.82) is 0 Å². The Labute approximate surface area is 63.9 Å². The maximum Gasteiger partial charge on any atom is 0.312 e. The average molecular weight is 174 g/mol. The van der Waals surface area contributed by atoms with Gasteiger partial charge in [-0.1, -0.05) is 0 Å². The van der Waals surface area contributed by atoms with Crippen LogP contribution in [0.2, 0.25) is 0 Å². The van der Waals surface area contributed by atoms with Crippen LogP contribution in [0.4, 0.5) is 0 Å². The summed E-state index contributed by atoms with van der Waals surface area (Å²) in [4.78, 5) is 7.03. The molecule has 0 amide bonds. The topological polar surface area (TPSA) is 80.2 Å². The molecule has 0 unspecified atom stereocenters. The van der Waals surface area contributed by atoms with Gasteiger partial charge in [0, 0.05) is 5.69 Å². The standard InChI is InChI=1S/C5H6N2O3S/c1-4-2-5(7-3-6-4)11(8,9)10/h2-3H,1H3,(H,8,9,10). The summed E-state index contributed by atoms with van der Waals surface area (Å²) < 4.78 is 29.4. The molecular formula is C5H6N2O3S. The Morgan fingerprint density at radius 2 is 2.09 bits per heavy atom. The molecule has 0 aliphatic rings. The van der Waals surface area contributed by atoms with E-state index in [1.807, 2.05) is 0 Å². The van der Waals surface area contributed by atoms with E-state index >= 15 is 0 Å². The zero-order valence-corrected chi connectivity index (χ0v) is 6.54. The fourth-order valence-electron chi connectivity index (χ4n) is 0.571. The molecular weight excluding hydrogens is 168 g/mol. The summed E-state index contributed by atoms with van der Waals surface area (Å²) in [7, 11) is -4.18. The molecule has 11 heavy (non-hydrogen) atoms. The maximum absolute atomic E-state index is 10.5. The second-order valence-electron chi connectivity index (χ2n) is 1.97. The molecule has 0 spiro atoms. The zero-order valence-electron chi connectivity index (χ0n) is 5.72. The summed E-state index contributed by atoms with van der Waals surface area (Å²) in [5.74, 6) is 0. The molecule has 1 aromatic heterocycles. The van der Waals surface area contributed by atoms with Crippen LogP contribution in [-0.2, 0) is 10.1 Å². The Bertz CT molecular complexity index is 360. The Hall–Kier alpha value is -1.01. The van der Waals surface area contributed by atoms with Crippen LogP contribution in [0, 0.1) is 6.92 Å². The lowest BCUT2D eigenvalue weighted by atomic mass is 10.5. The van der Waals surface area contributed by atoms with E-state index in [1.165, 1.54) is 6.07 Å². The summed E-state index contributed by atoms with van der Waals surface area (Å²) in [6.07, 6.45) is 1.08. The quantitative estimate of drug-likeness (QED) is 0.480. The first-order chi connectivity index (χ1) is 5.00. The van der Waals surface area contributed by atoms with Crippen molar-refractivity contribution in [2.75, 3.05) is 0 Å². The van der Waals surface area contributed by atoms with Gasteiger partial charge in [0.25, 0.3) is 0 Å². The summed E-state index contributed by atoms with van der Waals surface area (Å²) in [5, 5.41) is -0.370. The Balaban J connectivity index is 3.28. The van der Waals surface area contributed by atoms with Crippen molar-refractivity contribution >= 4 is 10.1 Å². The first-order valence-corrected chi connectivity index (χ1v) is 4.20. The Morgan fingerprint density at radius 1 is 1.45 bits per heavy atom. The summed E-state index contributed by atoms with van der Waals surface area (Å²) in [6, 6.07) is 1.19. The van der Waals surface area contributed by atoms with Gasteiger partial charge in [0.1, 0.15) is 6.33 Å². The second kappa shape index (κ2) is 2.55. The van der Waals surface area contributed by atoms with Crippen molar-refractivity contribution in [3.05, 3.63) is 18.1 Å². The van der Waals surface area contributed by atoms with Gasteiger partial charge in [0.05, 0.1) is 0 Å². The molecule has 0 aliphatic heterocycles. The Kier molecular flexibility index (Phi) is 1.88. The largest absolute Gasteiger partial charge is 0.312 e. The normalized spacial score (nSPS) is 11.5. The van der Waals surface area contributed by atoms with Crippen LogP contribution >= 0.6 is 0 Å². The first kappa shape index (κ1) is 8.09. The predicted molar refractivity (Wildman–Crippen MR) is 36.6 cm³/mol. The average Bonchev–Trinajstić information content (AvgIpc) is 1.86. The monoisotopic (exact) mass is 174 g/mol. The first-order valence-electron chi connectivity index (χ1n) is 2.76. The van der Waals surface area contributed by atoms with Gasteiger partial charge in [-0.2, -0.15) is 8.42 Å². The molecule has 1 heterocycles. The van der Waals surface area contributed by atoms with Gasteiger partial charge in [0.15, 0.2) is 5.03 Å². The Morgan fingerprint density at radius 3 is 2.45 bits per heavy atom. The highest BCUT2D eigenvalue weighted by Crippen LogP contribution is 2.03. The molecule has 0 radical (unpaired) electrons. The van der Waals surface area contributed by atoms with E-state index in [-0.39, 0.29) is 5.03 Å². The lowest BCUT2D eigenvalue weighted by molar-refractivity contribution is 0.478. The lowest BCUT2D eigenvalue weighted by Crippen LogP contribution is -2.01. The van der Waals surface area contributed by atoms with Crippen LogP contribution in [0.5, 0.6) is 0 Å². The van der Waals surface area contributed by atoms with Crippen molar-refractivity contribution < 1.29 is 13.0 Å². The number of aromatic nitrogens is 2. The fraction of sp³-hybridized carbons (Fsp3) is 0.200. The van der Waals surface area contributed by atoms with Gasteiger partial charge in [-0.25, -0.2) is 9.97 Å². The number of rotatable bonds is 1. The smallest absolute Gasteiger partial charge is 0.281 e. The third-order valence-corrected chi connectivity index (χ3v) is 1.79. The summed E-state index contributed by atoms with van der Waals surface area (Å²) in [5.41, 5.74) is 0.493. The van der Waals surface area contributed by atoms with E-state index < -0.39 is 10.1 Å². The number of hydrogen-bond acceptors (Lipinski definition) is 4. The molecule has 0 aromatic carbocycles. The van der Waals surface area contributed by atoms with Gasteiger partial charge in [0.2, 0.25) is 0 Å². The highest BCUT2D eigenvalue weighted by atomic mass is 32.2. The van der Waals surface area contributed by atoms with Crippen molar-refractivity contribution in [2.24, 2.45) is 0 Å². The molecule has 0 fully saturated rings. The van der Waals surface area contributed by atoms with Gasteiger partial charge in [-0.05, 0) is 13.0 Å². The van der Waals surface area contributed by atoms with E-state index in [1.54, 1.807) is 6.92 Å². The van der Waals surface area contributed by atoms with Crippen molar-refractivity contribution in [3.63, 3.8) is 0 Å². The lowest BCUT2D eigenvalue weighted by Gasteiger charge is -1.94. The van der Waals surface area contributed by atoms with E-state index in [0.29, 0.717) is 5.69 Å². The van der Waals surface area contributed by atoms with Crippen LogP contribution < -0.4 is 0 Å². The highest BCUT2D eigenvalue weighted by molar-refractivity contribution is 7.85. The van der Waals surface area contributed by atoms with Gasteiger partial charge in [-0.15, -0.1) is 0 Å². The van der Waals surface area contributed by atoms with Crippen LogP contribution in [0.15, 0.2) is 17.4 Å². The van der Waals surface area contributed by atoms with E-state index in [0.717, 1.165) is 6.33 Å². The molecule has 0 atom stereocenters. The predicted octanol–water partition coefficient (Wildman–Crippen LogP) is 0.0317. The van der Waals surface area contributed by atoms with Gasteiger partial charge < -0.3 is 0 Å². The van der Waals surface area contributed by atoms with E-state index in [9.17, 15) is 8.42 Å². The van der Waals surface area contributed by atoms with Crippen molar-refractivity contribution in [3.8, 4) is 0 Å². The van der Waals surface area contributed by atoms with Crippen molar-refractivity contribution in [1.82, 2.24) is 9.97 Å². The minimum absolute atomic E-state index is 0.370. The number of aryl methyl sites for hydroxylation is 1. The van der Waals surface area contributed by atoms with E-state index in [4.69, 9.17) is 4.55 Å². The summed E-state index contributed by atoms with van der Waals surface area (Å²) >= 11 is 0. The minimum atomic E-state index is -4.18. The molecule has 0 bridgehead atoms. The highest BCUT2D eigenvalue weighted by Gasteiger charge is 2.10. The molecule has 60 valence electrons. The maximum atomic E-state index is 10.5. The molecule has 0 aliphatic carbocycles. The molecule has 6 heteroatoms.